The van der Waals surface area contributed by atoms with Gasteiger partial charge in [-0.1, -0.05) is 18.2 Å². The second kappa shape index (κ2) is 7.92. The highest BCUT2D eigenvalue weighted by molar-refractivity contribution is 5.79. The molecule has 2 aliphatic rings. The second-order valence-electron chi connectivity index (χ2n) is 7.30. The zero-order valence-corrected chi connectivity index (χ0v) is 15.4. The molecule has 2 aromatic rings. The molecule has 2 heterocycles. The number of nitrogens with one attached hydrogen (secondary N) is 1. The molecule has 1 aliphatic heterocycles. The largest absolute Gasteiger partial charge is 0.352 e. The Kier molecular flexibility index (Phi) is 5.20. The standard InChI is InChI=1S/C20H25N5O2/c26-19(22-17-6-7-17)15-23-8-10-24(11-9-23)20(27)12-16-13-21-25(14-16)18-4-2-1-3-5-18/h1-5,13-14,17H,6-12,15H2,(H,22,26). The van der Waals surface area contributed by atoms with Gasteiger partial charge in [-0.25, -0.2) is 4.68 Å². The highest BCUT2D eigenvalue weighted by Gasteiger charge is 2.26. The minimum absolute atomic E-state index is 0.102. The Balaban J connectivity index is 1.25. The summed E-state index contributed by atoms with van der Waals surface area (Å²) >= 11 is 0. The number of para-hydroxylation sites is 1. The van der Waals surface area contributed by atoms with Gasteiger partial charge in [-0.05, 0) is 30.5 Å². The van der Waals surface area contributed by atoms with Crippen LogP contribution in [0.25, 0.3) is 5.69 Å². The molecule has 27 heavy (non-hydrogen) atoms. The molecule has 0 radical (unpaired) electrons. The molecule has 1 saturated carbocycles. The molecule has 0 spiro atoms. The van der Waals surface area contributed by atoms with E-state index in [0.29, 0.717) is 32.1 Å². The van der Waals surface area contributed by atoms with Crippen molar-refractivity contribution >= 4 is 11.8 Å². The van der Waals surface area contributed by atoms with Crippen molar-refractivity contribution < 1.29 is 9.59 Å². The monoisotopic (exact) mass is 367 g/mol. The molecule has 0 unspecified atom stereocenters. The van der Waals surface area contributed by atoms with Crippen molar-refractivity contribution in [1.29, 1.82) is 0 Å². The predicted octanol–water partition coefficient (Wildman–Crippen LogP) is 0.838. The molecule has 1 aliphatic carbocycles. The smallest absolute Gasteiger partial charge is 0.234 e. The van der Waals surface area contributed by atoms with Crippen LogP contribution in [-0.2, 0) is 16.0 Å². The Morgan fingerprint density at radius 2 is 1.81 bits per heavy atom. The van der Waals surface area contributed by atoms with Gasteiger partial charge in [0.15, 0.2) is 0 Å². The van der Waals surface area contributed by atoms with Crippen LogP contribution in [0.2, 0.25) is 0 Å². The summed E-state index contributed by atoms with van der Waals surface area (Å²) < 4.78 is 1.79. The molecule has 2 amide bonds. The molecular formula is C20H25N5O2. The van der Waals surface area contributed by atoms with Crippen LogP contribution in [0.1, 0.15) is 18.4 Å². The van der Waals surface area contributed by atoms with Crippen LogP contribution in [0.4, 0.5) is 0 Å². The van der Waals surface area contributed by atoms with Gasteiger partial charge in [0.2, 0.25) is 11.8 Å². The Morgan fingerprint density at radius 3 is 2.52 bits per heavy atom. The molecule has 0 atom stereocenters. The average molecular weight is 367 g/mol. The van der Waals surface area contributed by atoms with Crippen molar-refractivity contribution in [3.63, 3.8) is 0 Å². The first-order valence-corrected chi connectivity index (χ1v) is 9.56. The molecule has 142 valence electrons. The number of carbonyl (C=O) groups excluding carboxylic acids is 2. The first kappa shape index (κ1) is 17.7. The summed E-state index contributed by atoms with van der Waals surface area (Å²) in [6, 6.07) is 10.3. The van der Waals surface area contributed by atoms with Crippen LogP contribution < -0.4 is 5.32 Å². The van der Waals surface area contributed by atoms with E-state index in [1.807, 2.05) is 41.4 Å². The summed E-state index contributed by atoms with van der Waals surface area (Å²) in [5, 5.41) is 7.36. The van der Waals surface area contributed by atoms with Crippen LogP contribution >= 0.6 is 0 Å². The van der Waals surface area contributed by atoms with E-state index < -0.39 is 0 Å². The maximum atomic E-state index is 12.6. The molecule has 0 bridgehead atoms. The van der Waals surface area contributed by atoms with E-state index in [-0.39, 0.29) is 11.8 Å². The number of hydrogen-bond donors (Lipinski definition) is 1. The van der Waals surface area contributed by atoms with Crippen molar-refractivity contribution in [2.45, 2.75) is 25.3 Å². The van der Waals surface area contributed by atoms with Gasteiger partial charge in [0, 0.05) is 38.4 Å². The Labute approximate surface area is 158 Å². The van der Waals surface area contributed by atoms with Gasteiger partial charge in [-0.15, -0.1) is 0 Å². The summed E-state index contributed by atoms with van der Waals surface area (Å²) in [5.41, 5.74) is 1.89. The van der Waals surface area contributed by atoms with Gasteiger partial charge < -0.3 is 10.2 Å². The quantitative estimate of drug-likeness (QED) is 0.821. The summed E-state index contributed by atoms with van der Waals surface area (Å²) in [4.78, 5) is 28.5. The topological polar surface area (TPSA) is 70.5 Å². The van der Waals surface area contributed by atoms with Crippen molar-refractivity contribution in [3.8, 4) is 5.69 Å². The number of nitrogens with zero attached hydrogens (tertiary/aromatic N) is 4. The molecular weight excluding hydrogens is 342 g/mol. The molecule has 7 nitrogen and oxygen atoms in total. The summed E-state index contributed by atoms with van der Waals surface area (Å²) in [6.45, 7) is 3.26. The van der Waals surface area contributed by atoms with E-state index in [9.17, 15) is 9.59 Å². The zero-order chi connectivity index (χ0) is 18.6. The lowest BCUT2D eigenvalue weighted by Gasteiger charge is -2.34. The Morgan fingerprint density at radius 1 is 1.07 bits per heavy atom. The van der Waals surface area contributed by atoms with Crippen LogP contribution in [0.15, 0.2) is 42.7 Å². The van der Waals surface area contributed by atoms with Gasteiger partial charge in [0.25, 0.3) is 0 Å². The number of hydrogen-bond acceptors (Lipinski definition) is 4. The highest BCUT2D eigenvalue weighted by atomic mass is 16.2. The van der Waals surface area contributed by atoms with E-state index in [4.69, 9.17) is 0 Å². The van der Waals surface area contributed by atoms with Crippen molar-refractivity contribution in [2.75, 3.05) is 32.7 Å². The normalized spacial score (nSPS) is 17.7. The van der Waals surface area contributed by atoms with Gasteiger partial charge in [-0.2, -0.15) is 5.10 Å². The summed E-state index contributed by atoms with van der Waals surface area (Å²) in [6.07, 6.45) is 6.23. The molecule has 1 saturated heterocycles. The van der Waals surface area contributed by atoms with Gasteiger partial charge in [0.1, 0.15) is 0 Å². The zero-order valence-electron chi connectivity index (χ0n) is 15.4. The van der Waals surface area contributed by atoms with Gasteiger partial charge >= 0.3 is 0 Å². The SMILES string of the molecule is O=C(CN1CCN(C(=O)Cc2cnn(-c3ccccc3)c2)CC1)NC1CC1. The Hall–Kier alpha value is -2.67. The van der Waals surface area contributed by atoms with Crippen LogP contribution in [0, 0.1) is 0 Å². The second-order valence-corrected chi connectivity index (χ2v) is 7.30. The number of rotatable bonds is 6. The van der Waals surface area contributed by atoms with E-state index >= 15 is 0 Å². The number of benzene rings is 1. The van der Waals surface area contributed by atoms with Gasteiger partial charge in [0.05, 0.1) is 24.8 Å². The molecule has 1 aromatic carbocycles. The molecule has 4 rings (SSSR count). The fourth-order valence-corrected chi connectivity index (χ4v) is 3.32. The third-order valence-electron chi connectivity index (χ3n) is 5.05. The van der Waals surface area contributed by atoms with Crippen molar-refractivity contribution in [1.82, 2.24) is 24.9 Å². The highest BCUT2D eigenvalue weighted by Crippen LogP contribution is 2.18. The lowest BCUT2D eigenvalue weighted by Crippen LogP contribution is -2.51. The number of aromatic nitrogens is 2. The molecule has 1 N–H and O–H groups in total. The van der Waals surface area contributed by atoms with Crippen LogP contribution in [0.5, 0.6) is 0 Å². The molecule has 2 fully saturated rings. The van der Waals surface area contributed by atoms with Crippen molar-refractivity contribution in [3.05, 3.63) is 48.3 Å². The first-order valence-electron chi connectivity index (χ1n) is 9.56. The average Bonchev–Trinajstić information content (AvgIpc) is 3.37. The van der Waals surface area contributed by atoms with E-state index in [1.165, 1.54) is 0 Å². The predicted molar refractivity (Wildman–Crippen MR) is 101 cm³/mol. The summed E-state index contributed by atoms with van der Waals surface area (Å²) in [7, 11) is 0. The van der Waals surface area contributed by atoms with E-state index in [1.54, 1.807) is 10.9 Å². The third kappa shape index (κ3) is 4.74. The minimum Gasteiger partial charge on any atom is -0.352 e. The van der Waals surface area contributed by atoms with Crippen molar-refractivity contribution in [2.24, 2.45) is 0 Å². The number of amides is 2. The molecule has 7 heteroatoms. The lowest BCUT2D eigenvalue weighted by molar-refractivity contribution is -0.132. The number of carbonyl (C=O) groups is 2. The fraction of sp³-hybridized carbons (Fsp3) is 0.450. The Bertz CT molecular complexity index is 792. The lowest BCUT2D eigenvalue weighted by atomic mass is 10.2. The maximum Gasteiger partial charge on any atom is 0.234 e. The van der Waals surface area contributed by atoms with Crippen LogP contribution in [0.3, 0.4) is 0 Å². The third-order valence-corrected chi connectivity index (χ3v) is 5.05. The van der Waals surface area contributed by atoms with Crippen LogP contribution in [-0.4, -0.2) is 70.2 Å². The van der Waals surface area contributed by atoms with E-state index in [2.05, 4.69) is 15.3 Å². The number of piperazine rings is 1. The fourth-order valence-electron chi connectivity index (χ4n) is 3.32. The first-order chi connectivity index (χ1) is 13.2. The molecule has 1 aromatic heterocycles. The minimum atomic E-state index is 0.102. The van der Waals surface area contributed by atoms with E-state index in [0.717, 1.165) is 37.2 Å². The van der Waals surface area contributed by atoms with Gasteiger partial charge in [-0.3, -0.25) is 14.5 Å². The maximum absolute atomic E-state index is 12.6. The summed E-state index contributed by atoms with van der Waals surface area (Å²) in [5.74, 6) is 0.218.